The Balaban J connectivity index is 1.53. The van der Waals surface area contributed by atoms with Crippen LogP contribution in [0.3, 0.4) is 0 Å². The molecule has 170 valence electrons. The van der Waals surface area contributed by atoms with Gasteiger partial charge in [0.25, 0.3) is 10.0 Å². The maximum atomic E-state index is 13.7. The third-order valence-electron chi connectivity index (χ3n) is 6.65. The Kier molecular flexibility index (Phi) is 5.61. The molecular weight excluding hydrogens is 424 g/mol. The van der Waals surface area contributed by atoms with Gasteiger partial charge in [-0.25, -0.2) is 12.4 Å². The van der Waals surface area contributed by atoms with Gasteiger partial charge in [-0.3, -0.25) is 0 Å². The van der Waals surface area contributed by atoms with E-state index < -0.39 is 10.0 Å². The van der Waals surface area contributed by atoms with Gasteiger partial charge in [0.2, 0.25) is 0 Å². The fourth-order valence-electron chi connectivity index (χ4n) is 4.78. The summed E-state index contributed by atoms with van der Waals surface area (Å²) < 4.78 is 34.4. The summed E-state index contributed by atoms with van der Waals surface area (Å²) in [6.07, 6.45) is 2.88. The zero-order valence-corrected chi connectivity index (χ0v) is 19.4. The van der Waals surface area contributed by atoms with Gasteiger partial charge in [-0.1, -0.05) is 12.1 Å². The molecule has 5 rings (SSSR count). The van der Waals surface area contributed by atoms with Crippen LogP contribution < -0.4 is 15.1 Å². The van der Waals surface area contributed by atoms with Gasteiger partial charge in [0, 0.05) is 69.3 Å². The molecule has 0 spiro atoms. The van der Waals surface area contributed by atoms with Crippen molar-refractivity contribution in [3.63, 3.8) is 0 Å². The molecule has 2 aromatic carbocycles. The quantitative estimate of drug-likeness (QED) is 0.640. The minimum absolute atomic E-state index is 0.190. The summed E-state index contributed by atoms with van der Waals surface area (Å²) in [5.74, 6) is 0. The summed E-state index contributed by atoms with van der Waals surface area (Å²) in [6.45, 7) is 7.30. The Labute approximate surface area is 189 Å². The molecule has 32 heavy (non-hydrogen) atoms. The fraction of sp³-hybridized carbons (Fsp3) is 0.417. The highest BCUT2D eigenvalue weighted by Crippen LogP contribution is 2.31. The molecule has 2 fully saturated rings. The topological polar surface area (TPSA) is 66.8 Å². The van der Waals surface area contributed by atoms with Gasteiger partial charge in [0.05, 0.1) is 16.5 Å². The van der Waals surface area contributed by atoms with Crippen molar-refractivity contribution < 1.29 is 13.2 Å². The van der Waals surface area contributed by atoms with E-state index in [0.717, 1.165) is 73.5 Å². The molecule has 0 aliphatic carbocycles. The number of hydrogen-bond donors (Lipinski definition) is 1. The number of anilines is 2. The first kappa shape index (κ1) is 21.3. The Bertz CT molecular complexity index is 1230. The van der Waals surface area contributed by atoms with Crippen LogP contribution in [-0.4, -0.2) is 64.9 Å². The number of benzene rings is 2. The van der Waals surface area contributed by atoms with Crippen LogP contribution in [0.15, 0.2) is 53.6 Å². The van der Waals surface area contributed by atoms with Gasteiger partial charge in [-0.2, -0.15) is 0 Å². The van der Waals surface area contributed by atoms with Gasteiger partial charge in [0.1, 0.15) is 0 Å². The van der Waals surface area contributed by atoms with Crippen LogP contribution >= 0.6 is 0 Å². The average molecular weight is 455 g/mol. The zero-order valence-electron chi connectivity index (χ0n) is 18.6. The van der Waals surface area contributed by atoms with Gasteiger partial charge < -0.3 is 19.9 Å². The molecular formula is C24H30N4O3S. The number of nitrogens with one attached hydrogen (secondary N) is 1. The van der Waals surface area contributed by atoms with Crippen molar-refractivity contribution in [3.8, 4) is 0 Å². The number of aromatic nitrogens is 1. The molecule has 0 unspecified atom stereocenters. The predicted octanol–water partition coefficient (Wildman–Crippen LogP) is 2.82. The Morgan fingerprint density at radius 1 is 1.00 bits per heavy atom. The monoisotopic (exact) mass is 454 g/mol. The Hall–Kier alpha value is -2.55. The summed E-state index contributed by atoms with van der Waals surface area (Å²) in [4.78, 5) is 4.80. The van der Waals surface area contributed by atoms with E-state index >= 15 is 0 Å². The number of piperazine rings is 1. The molecule has 1 N–H and O–H groups in total. The third-order valence-corrected chi connectivity index (χ3v) is 8.32. The first-order valence-corrected chi connectivity index (χ1v) is 12.6. The van der Waals surface area contributed by atoms with Crippen LogP contribution in [0, 0.1) is 6.92 Å². The molecule has 2 saturated heterocycles. The van der Waals surface area contributed by atoms with Crippen molar-refractivity contribution in [1.29, 1.82) is 0 Å². The number of methoxy groups -OCH3 is 1. The van der Waals surface area contributed by atoms with Gasteiger partial charge in [0.15, 0.2) is 0 Å². The van der Waals surface area contributed by atoms with Gasteiger partial charge >= 0.3 is 0 Å². The summed E-state index contributed by atoms with van der Waals surface area (Å²) in [6, 6.07) is 13.4. The van der Waals surface area contributed by atoms with E-state index in [4.69, 9.17) is 4.74 Å². The molecule has 3 heterocycles. The molecule has 0 bridgehead atoms. The molecule has 8 heteroatoms. The highest BCUT2D eigenvalue weighted by molar-refractivity contribution is 7.90. The number of fused-ring (bicyclic) bond motifs is 1. The lowest BCUT2D eigenvalue weighted by atomic mass is 10.1. The molecule has 0 radical (unpaired) electrons. The van der Waals surface area contributed by atoms with E-state index in [-0.39, 0.29) is 6.10 Å². The van der Waals surface area contributed by atoms with E-state index in [1.54, 1.807) is 25.4 Å². The van der Waals surface area contributed by atoms with Gasteiger partial charge in [-0.05, 0) is 49.2 Å². The molecule has 2 aliphatic heterocycles. The maximum absolute atomic E-state index is 13.7. The molecule has 1 atom stereocenters. The first-order chi connectivity index (χ1) is 15.5. The van der Waals surface area contributed by atoms with Crippen LogP contribution in [0.2, 0.25) is 0 Å². The zero-order chi connectivity index (χ0) is 22.3. The lowest BCUT2D eigenvalue weighted by molar-refractivity contribution is 0.121. The van der Waals surface area contributed by atoms with Crippen LogP contribution in [-0.2, 0) is 14.8 Å². The van der Waals surface area contributed by atoms with E-state index in [9.17, 15) is 8.42 Å². The predicted molar refractivity (Wildman–Crippen MR) is 128 cm³/mol. The van der Waals surface area contributed by atoms with E-state index in [1.165, 1.54) is 3.97 Å². The lowest BCUT2D eigenvalue weighted by Gasteiger charge is -2.29. The molecule has 7 nitrogen and oxygen atoms in total. The Morgan fingerprint density at radius 2 is 1.78 bits per heavy atom. The van der Waals surface area contributed by atoms with E-state index in [0.29, 0.717) is 4.90 Å². The van der Waals surface area contributed by atoms with Crippen LogP contribution in [0.1, 0.15) is 12.0 Å². The fourth-order valence-corrected chi connectivity index (χ4v) is 6.23. The highest BCUT2D eigenvalue weighted by Gasteiger charge is 2.25. The second-order valence-electron chi connectivity index (χ2n) is 8.64. The maximum Gasteiger partial charge on any atom is 0.268 e. The molecule has 0 amide bonds. The van der Waals surface area contributed by atoms with Crippen molar-refractivity contribution in [2.75, 3.05) is 56.2 Å². The molecule has 2 aliphatic rings. The second kappa shape index (κ2) is 8.42. The smallest absolute Gasteiger partial charge is 0.268 e. The van der Waals surface area contributed by atoms with E-state index in [1.807, 2.05) is 31.2 Å². The Morgan fingerprint density at radius 3 is 2.53 bits per heavy atom. The van der Waals surface area contributed by atoms with Crippen molar-refractivity contribution in [3.05, 3.63) is 54.2 Å². The number of ether oxygens (including phenoxy) is 1. The van der Waals surface area contributed by atoms with Crippen LogP contribution in [0.4, 0.5) is 11.4 Å². The first-order valence-electron chi connectivity index (χ1n) is 11.2. The number of nitrogens with zero attached hydrogens (tertiary/aromatic N) is 3. The summed E-state index contributed by atoms with van der Waals surface area (Å²) in [5.41, 5.74) is 3.66. The number of aryl methyl sites for hydroxylation is 1. The van der Waals surface area contributed by atoms with Crippen LogP contribution in [0.5, 0.6) is 0 Å². The molecule has 3 aromatic rings. The summed E-state index contributed by atoms with van der Waals surface area (Å²) >= 11 is 0. The number of rotatable bonds is 5. The minimum atomic E-state index is -3.74. The lowest BCUT2D eigenvalue weighted by Crippen LogP contribution is -2.43. The molecule has 0 saturated carbocycles. The SMILES string of the molecule is CO[C@H]1CCN(c2cccc(S(=O)(=O)n3cc(C)c4ccc(N5CCNCC5)cc43)c2)C1. The minimum Gasteiger partial charge on any atom is -0.380 e. The third kappa shape index (κ3) is 3.76. The normalized spacial score (nSPS) is 19.8. The second-order valence-corrected chi connectivity index (χ2v) is 10.5. The summed E-state index contributed by atoms with van der Waals surface area (Å²) in [7, 11) is -2.01. The van der Waals surface area contributed by atoms with Gasteiger partial charge in [-0.15, -0.1) is 0 Å². The number of hydrogen-bond acceptors (Lipinski definition) is 6. The van der Waals surface area contributed by atoms with Crippen LogP contribution in [0.25, 0.3) is 10.9 Å². The summed E-state index contributed by atoms with van der Waals surface area (Å²) in [5, 5.41) is 4.33. The van der Waals surface area contributed by atoms with Crippen molar-refractivity contribution in [2.45, 2.75) is 24.3 Å². The standard InChI is InChI=1S/C24H30N4O3S/c1-18-16-28(24-15-20(6-7-23(18)24)26-12-9-25-10-13-26)32(29,30)22-5-3-4-19(14-22)27-11-8-21(17-27)31-2/h3-7,14-16,21,25H,8-13,17H2,1-2H3/t21-/m0/s1. The largest absolute Gasteiger partial charge is 0.380 e. The van der Waals surface area contributed by atoms with Crippen molar-refractivity contribution in [2.24, 2.45) is 0 Å². The molecule has 1 aromatic heterocycles. The van der Waals surface area contributed by atoms with Crippen molar-refractivity contribution in [1.82, 2.24) is 9.29 Å². The highest BCUT2D eigenvalue weighted by atomic mass is 32.2. The van der Waals surface area contributed by atoms with Crippen molar-refractivity contribution >= 4 is 32.3 Å². The average Bonchev–Trinajstić information content (AvgIpc) is 3.45. The van der Waals surface area contributed by atoms with E-state index in [2.05, 4.69) is 21.2 Å².